The highest BCUT2D eigenvalue weighted by molar-refractivity contribution is 6.43. The molecule has 0 saturated heterocycles. The van der Waals surface area contributed by atoms with Crippen molar-refractivity contribution in [3.63, 3.8) is 0 Å². The lowest BCUT2D eigenvalue weighted by atomic mass is 10.1. The number of nitrogens with zero attached hydrogens (tertiary/aromatic N) is 2. The molecule has 0 unspecified atom stereocenters. The minimum Gasteiger partial charge on any atom is -0.381 e. The van der Waals surface area contributed by atoms with E-state index in [1.165, 1.54) is 5.56 Å². The monoisotopic (exact) mass is 405 g/mol. The quantitative estimate of drug-likeness (QED) is 0.319. The van der Waals surface area contributed by atoms with Gasteiger partial charge in [-0.05, 0) is 44.4 Å². The summed E-state index contributed by atoms with van der Waals surface area (Å²) in [5.74, 6) is -1.17. The van der Waals surface area contributed by atoms with Crippen molar-refractivity contribution in [2.24, 2.45) is 0 Å². The molecule has 0 aliphatic carbocycles. The summed E-state index contributed by atoms with van der Waals surface area (Å²) < 4.78 is 7.30. The van der Waals surface area contributed by atoms with Crippen LogP contribution < -0.4 is 5.32 Å². The summed E-state index contributed by atoms with van der Waals surface area (Å²) in [5, 5.41) is 7.12. The Morgan fingerprint density at radius 2 is 1.63 bits per heavy atom. The number of amides is 1. The Balaban J connectivity index is 1.45. The highest BCUT2D eigenvalue weighted by atomic mass is 16.5. The number of benzene rings is 2. The summed E-state index contributed by atoms with van der Waals surface area (Å²) in [6.07, 6.45) is 1.50. The fraction of sp³-hybridized carbons (Fsp3) is 0.292. The fourth-order valence-electron chi connectivity index (χ4n) is 3.30. The third-order valence-corrected chi connectivity index (χ3v) is 4.85. The third kappa shape index (κ3) is 5.42. The molecule has 1 N–H and O–H groups in total. The van der Waals surface area contributed by atoms with Gasteiger partial charge in [0, 0.05) is 13.2 Å². The first-order chi connectivity index (χ1) is 14.6. The molecular weight excluding hydrogens is 378 g/mol. The van der Waals surface area contributed by atoms with E-state index in [0.29, 0.717) is 43.1 Å². The van der Waals surface area contributed by atoms with Crippen molar-refractivity contribution in [3.05, 3.63) is 83.2 Å². The number of hydrogen-bond acceptors (Lipinski definition) is 4. The van der Waals surface area contributed by atoms with Crippen LogP contribution in [-0.2, 0) is 16.0 Å². The van der Waals surface area contributed by atoms with Gasteiger partial charge < -0.3 is 10.1 Å². The molecule has 156 valence electrons. The minimum atomic E-state index is -0.613. The Morgan fingerprint density at radius 3 is 2.33 bits per heavy atom. The SMILES string of the molecule is Cc1nn(-c2ccccc2)c(C)c1C(=O)C(=O)NCCCOCCc1ccccc1. The first-order valence-corrected chi connectivity index (χ1v) is 10.1. The predicted octanol–water partition coefficient (Wildman–Crippen LogP) is 3.44. The Bertz CT molecular complexity index is 982. The molecule has 6 nitrogen and oxygen atoms in total. The lowest BCUT2D eigenvalue weighted by Gasteiger charge is -2.07. The molecule has 1 amide bonds. The number of nitrogens with one attached hydrogen (secondary N) is 1. The van der Waals surface area contributed by atoms with Crippen molar-refractivity contribution >= 4 is 11.7 Å². The van der Waals surface area contributed by atoms with Crippen molar-refractivity contribution in [1.29, 1.82) is 0 Å². The summed E-state index contributed by atoms with van der Waals surface area (Å²) >= 11 is 0. The van der Waals surface area contributed by atoms with Gasteiger partial charge in [0.05, 0.1) is 29.2 Å². The smallest absolute Gasteiger partial charge is 0.292 e. The van der Waals surface area contributed by atoms with E-state index in [9.17, 15) is 9.59 Å². The van der Waals surface area contributed by atoms with Gasteiger partial charge in [-0.2, -0.15) is 5.10 Å². The summed E-state index contributed by atoms with van der Waals surface area (Å²) in [4.78, 5) is 25.0. The van der Waals surface area contributed by atoms with Gasteiger partial charge in [0.1, 0.15) is 0 Å². The Labute approximate surface area is 176 Å². The second kappa shape index (κ2) is 10.5. The van der Waals surface area contributed by atoms with Gasteiger partial charge in [0.2, 0.25) is 0 Å². The molecule has 0 saturated carbocycles. The number of rotatable bonds is 10. The van der Waals surface area contributed by atoms with E-state index in [4.69, 9.17) is 4.74 Å². The number of ketones is 1. The molecule has 0 aliphatic heterocycles. The van der Waals surface area contributed by atoms with Gasteiger partial charge in [-0.25, -0.2) is 4.68 Å². The van der Waals surface area contributed by atoms with E-state index in [-0.39, 0.29) is 0 Å². The van der Waals surface area contributed by atoms with Crippen LogP contribution in [0.3, 0.4) is 0 Å². The maximum atomic E-state index is 12.7. The molecule has 0 spiro atoms. The predicted molar refractivity (Wildman–Crippen MR) is 116 cm³/mol. The molecular formula is C24H27N3O3. The second-order valence-corrected chi connectivity index (χ2v) is 7.08. The van der Waals surface area contributed by atoms with Gasteiger partial charge in [-0.1, -0.05) is 48.5 Å². The van der Waals surface area contributed by atoms with Crippen molar-refractivity contribution in [2.75, 3.05) is 19.8 Å². The van der Waals surface area contributed by atoms with E-state index >= 15 is 0 Å². The van der Waals surface area contributed by atoms with E-state index in [0.717, 1.165) is 12.1 Å². The first kappa shape index (κ1) is 21.5. The summed E-state index contributed by atoms with van der Waals surface area (Å²) in [5.41, 5.74) is 3.64. The minimum absolute atomic E-state index is 0.357. The highest BCUT2D eigenvalue weighted by Crippen LogP contribution is 2.18. The summed E-state index contributed by atoms with van der Waals surface area (Å²) in [7, 11) is 0. The van der Waals surface area contributed by atoms with Crippen LogP contribution in [-0.4, -0.2) is 41.2 Å². The number of aromatic nitrogens is 2. The topological polar surface area (TPSA) is 73.2 Å². The second-order valence-electron chi connectivity index (χ2n) is 7.08. The lowest BCUT2D eigenvalue weighted by Crippen LogP contribution is -2.32. The van der Waals surface area contributed by atoms with Crippen molar-refractivity contribution in [1.82, 2.24) is 15.1 Å². The van der Waals surface area contributed by atoms with Gasteiger partial charge in [-0.15, -0.1) is 0 Å². The molecule has 30 heavy (non-hydrogen) atoms. The Kier molecular flexibility index (Phi) is 7.51. The Morgan fingerprint density at radius 1 is 0.967 bits per heavy atom. The molecule has 2 aromatic carbocycles. The zero-order valence-corrected chi connectivity index (χ0v) is 17.4. The standard InChI is InChI=1S/C24H27N3O3/c1-18-22(19(2)27(26-18)21-12-7-4-8-13-21)23(28)24(29)25-15-9-16-30-17-14-20-10-5-3-6-11-20/h3-8,10-13H,9,14-17H2,1-2H3,(H,25,29). The van der Waals surface area contributed by atoms with Crippen LogP contribution in [0.15, 0.2) is 60.7 Å². The third-order valence-electron chi connectivity index (χ3n) is 4.85. The molecule has 6 heteroatoms. The number of aryl methyl sites for hydroxylation is 1. The molecule has 0 radical (unpaired) electrons. The average Bonchev–Trinajstić information content (AvgIpc) is 3.07. The zero-order chi connectivity index (χ0) is 21.3. The normalized spacial score (nSPS) is 10.7. The van der Waals surface area contributed by atoms with Crippen molar-refractivity contribution in [3.8, 4) is 5.69 Å². The van der Waals surface area contributed by atoms with Crippen LogP contribution in [0.2, 0.25) is 0 Å². The van der Waals surface area contributed by atoms with Crippen LogP contribution in [0.4, 0.5) is 0 Å². The average molecular weight is 405 g/mol. The number of para-hydroxylation sites is 1. The van der Waals surface area contributed by atoms with Gasteiger partial charge in [0.15, 0.2) is 0 Å². The van der Waals surface area contributed by atoms with Gasteiger partial charge >= 0.3 is 0 Å². The lowest BCUT2D eigenvalue weighted by molar-refractivity contribution is -0.117. The maximum Gasteiger partial charge on any atom is 0.292 e. The fourth-order valence-corrected chi connectivity index (χ4v) is 3.30. The molecule has 0 aliphatic rings. The van der Waals surface area contributed by atoms with Crippen LogP contribution in [0.1, 0.15) is 33.7 Å². The van der Waals surface area contributed by atoms with Gasteiger partial charge in [0.25, 0.3) is 11.7 Å². The number of carbonyl (C=O) groups is 2. The highest BCUT2D eigenvalue weighted by Gasteiger charge is 2.24. The Hall–Kier alpha value is -3.25. The molecule has 0 bridgehead atoms. The summed E-state index contributed by atoms with van der Waals surface area (Å²) in [6.45, 7) is 5.10. The molecule has 0 atom stereocenters. The van der Waals surface area contributed by atoms with E-state index in [1.54, 1.807) is 18.5 Å². The molecule has 3 rings (SSSR count). The summed E-state index contributed by atoms with van der Waals surface area (Å²) in [6, 6.07) is 19.7. The van der Waals surface area contributed by atoms with E-state index in [2.05, 4.69) is 22.5 Å². The van der Waals surface area contributed by atoms with Crippen molar-refractivity contribution < 1.29 is 14.3 Å². The molecule has 1 aromatic heterocycles. The molecule has 1 heterocycles. The van der Waals surface area contributed by atoms with E-state index in [1.807, 2.05) is 48.5 Å². The number of ether oxygens (including phenoxy) is 1. The zero-order valence-electron chi connectivity index (χ0n) is 17.4. The van der Waals surface area contributed by atoms with Crippen LogP contribution >= 0.6 is 0 Å². The van der Waals surface area contributed by atoms with Crippen molar-refractivity contribution in [2.45, 2.75) is 26.7 Å². The number of hydrogen-bond donors (Lipinski definition) is 1. The molecule has 3 aromatic rings. The van der Waals surface area contributed by atoms with E-state index < -0.39 is 11.7 Å². The first-order valence-electron chi connectivity index (χ1n) is 10.1. The van der Waals surface area contributed by atoms with Crippen LogP contribution in [0, 0.1) is 13.8 Å². The van der Waals surface area contributed by atoms with Crippen LogP contribution in [0.5, 0.6) is 0 Å². The van der Waals surface area contributed by atoms with Crippen LogP contribution in [0.25, 0.3) is 5.69 Å². The maximum absolute atomic E-state index is 12.7. The largest absolute Gasteiger partial charge is 0.381 e. The number of carbonyl (C=O) groups excluding carboxylic acids is 2. The molecule has 0 fully saturated rings. The number of Topliss-reactive ketones (excluding diaryl/α,β-unsaturated/α-hetero) is 1. The van der Waals surface area contributed by atoms with Gasteiger partial charge in [-0.3, -0.25) is 9.59 Å².